The first-order valence-corrected chi connectivity index (χ1v) is 8.37. The molecular formula is C17H20ClN3O3. The number of morpholine rings is 1. The maximum absolute atomic E-state index is 12.1. The van der Waals surface area contributed by atoms with Crippen molar-refractivity contribution in [3.8, 4) is 0 Å². The number of aromatic nitrogens is 1. The van der Waals surface area contributed by atoms with Crippen molar-refractivity contribution in [3.05, 3.63) is 52.4 Å². The molecule has 2 heterocycles. The summed E-state index contributed by atoms with van der Waals surface area (Å²) in [6.45, 7) is 4.37. The van der Waals surface area contributed by atoms with Gasteiger partial charge in [0.05, 0.1) is 19.8 Å². The second-order valence-electron chi connectivity index (χ2n) is 5.70. The van der Waals surface area contributed by atoms with Crippen molar-refractivity contribution in [1.29, 1.82) is 0 Å². The van der Waals surface area contributed by atoms with Gasteiger partial charge in [-0.05, 0) is 24.1 Å². The van der Waals surface area contributed by atoms with Gasteiger partial charge in [0.15, 0.2) is 11.5 Å². The Morgan fingerprint density at radius 3 is 2.75 bits per heavy atom. The normalized spacial score (nSPS) is 15.4. The Hall–Kier alpha value is -1.89. The zero-order valence-electron chi connectivity index (χ0n) is 13.3. The Morgan fingerprint density at radius 2 is 2.00 bits per heavy atom. The number of hydrogen-bond donors (Lipinski definition) is 1. The number of halogens is 1. The first kappa shape index (κ1) is 17.0. The molecule has 24 heavy (non-hydrogen) atoms. The number of rotatable bonds is 6. The highest BCUT2D eigenvalue weighted by molar-refractivity contribution is 6.30. The number of carbonyl (C=O) groups excluding carboxylic acids is 1. The van der Waals surface area contributed by atoms with Gasteiger partial charge in [-0.15, -0.1) is 0 Å². The molecule has 0 unspecified atom stereocenters. The predicted molar refractivity (Wildman–Crippen MR) is 90.1 cm³/mol. The molecule has 1 aromatic heterocycles. The molecule has 0 bridgehead atoms. The molecule has 6 nitrogen and oxygen atoms in total. The lowest BCUT2D eigenvalue weighted by Crippen LogP contribution is -2.35. The Morgan fingerprint density at radius 1 is 1.25 bits per heavy atom. The zero-order valence-corrected chi connectivity index (χ0v) is 14.1. The van der Waals surface area contributed by atoms with Crippen LogP contribution in [0.1, 0.15) is 21.8 Å². The number of benzene rings is 1. The molecule has 0 aliphatic carbocycles. The fourth-order valence-corrected chi connectivity index (χ4v) is 2.66. The summed E-state index contributed by atoms with van der Waals surface area (Å²) in [5.41, 5.74) is 1.43. The summed E-state index contributed by atoms with van der Waals surface area (Å²) in [4.78, 5) is 14.3. The summed E-state index contributed by atoms with van der Waals surface area (Å²) in [5, 5.41) is 7.41. The minimum Gasteiger partial charge on any atom is -0.379 e. The summed E-state index contributed by atoms with van der Waals surface area (Å²) in [5.74, 6) is 0.473. The molecule has 2 aromatic rings. The molecule has 1 N–H and O–H groups in total. The van der Waals surface area contributed by atoms with Crippen molar-refractivity contribution < 1.29 is 14.1 Å². The molecule has 0 saturated carbocycles. The lowest BCUT2D eigenvalue weighted by molar-refractivity contribution is 0.0305. The number of carbonyl (C=O) groups is 1. The zero-order chi connectivity index (χ0) is 16.8. The first-order chi connectivity index (χ1) is 11.7. The minimum atomic E-state index is -0.221. The van der Waals surface area contributed by atoms with Gasteiger partial charge in [0, 0.05) is 30.7 Å². The van der Waals surface area contributed by atoms with E-state index in [-0.39, 0.29) is 5.91 Å². The van der Waals surface area contributed by atoms with E-state index >= 15 is 0 Å². The number of nitrogens with one attached hydrogen (secondary N) is 1. The highest BCUT2D eigenvalue weighted by Gasteiger charge is 2.16. The van der Waals surface area contributed by atoms with Gasteiger partial charge in [-0.2, -0.15) is 0 Å². The predicted octanol–water partition coefficient (Wildman–Crippen LogP) is 2.13. The third-order valence-electron chi connectivity index (χ3n) is 3.89. The van der Waals surface area contributed by atoms with Crippen LogP contribution in [0.25, 0.3) is 0 Å². The molecule has 7 heteroatoms. The van der Waals surface area contributed by atoms with Gasteiger partial charge < -0.3 is 14.6 Å². The molecule has 1 aromatic carbocycles. The van der Waals surface area contributed by atoms with Crippen LogP contribution in [-0.4, -0.2) is 48.8 Å². The van der Waals surface area contributed by atoms with Gasteiger partial charge in [-0.3, -0.25) is 9.69 Å². The summed E-state index contributed by atoms with van der Waals surface area (Å²) in [6, 6.07) is 9.28. The molecule has 1 amide bonds. The monoisotopic (exact) mass is 349 g/mol. The van der Waals surface area contributed by atoms with Crippen LogP contribution in [0, 0.1) is 0 Å². The molecule has 0 radical (unpaired) electrons. The van der Waals surface area contributed by atoms with Crippen molar-refractivity contribution in [2.24, 2.45) is 0 Å². The summed E-state index contributed by atoms with van der Waals surface area (Å²) in [6.07, 6.45) is 0.737. The number of amides is 1. The number of nitrogens with zero attached hydrogens (tertiary/aromatic N) is 2. The molecule has 1 fully saturated rings. The van der Waals surface area contributed by atoms with E-state index in [1.54, 1.807) is 6.07 Å². The molecule has 128 valence electrons. The van der Waals surface area contributed by atoms with Crippen molar-refractivity contribution in [3.63, 3.8) is 0 Å². The minimum absolute atomic E-state index is 0.221. The van der Waals surface area contributed by atoms with Crippen molar-refractivity contribution in [2.45, 2.75) is 13.0 Å². The maximum atomic E-state index is 12.1. The Balaban J connectivity index is 1.45. The van der Waals surface area contributed by atoms with Crippen LogP contribution in [0.2, 0.25) is 5.02 Å². The Kier molecular flexibility index (Phi) is 5.85. The highest BCUT2D eigenvalue weighted by Crippen LogP contribution is 2.11. The highest BCUT2D eigenvalue weighted by atomic mass is 35.5. The summed E-state index contributed by atoms with van der Waals surface area (Å²) < 4.78 is 10.6. The first-order valence-electron chi connectivity index (χ1n) is 7.99. The van der Waals surface area contributed by atoms with E-state index in [9.17, 15) is 4.79 Å². The van der Waals surface area contributed by atoms with Crippen LogP contribution in [0.4, 0.5) is 0 Å². The van der Waals surface area contributed by atoms with Crippen molar-refractivity contribution in [2.75, 3.05) is 32.8 Å². The molecule has 1 aliphatic rings. The van der Waals surface area contributed by atoms with Gasteiger partial charge in [0.2, 0.25) is 0 Å². The van der Waals surface area contributed by atoms with E-state index in [2.05, 4.69) is 15.4 Å². The van der Waals surface area contributed by atoms with E-state index in [1.165, 1.54) is 0 Å². The fourth-order valence-electron chi connectivity index (χ4n) is 2.54. The van der Waals surface area contributed by atoms with Crippen LogP contribution >= 0.6 is 11.6 Å². The second kappa shape index (κ2) is 8.28. The average Bonchev–Trinajstić information content (AvgIpc) is 3.06. The standard InChI is InChI=1S/C17H20ClN3O3/c18-14-3-1-13(2-4-14)5-6-19-17(22)16-11-15(24-20-16)12-21-7-9-23-10-8-21/h1-4,11H,5-10,12H2,(H,19,22). The van der Waals surface area contributed by atoms with Gasteiger partial charge in [0.25, 0.3) is 5.91 Å². The quantitative estimate of drug-likeness (QED) is 0.865. The molecular weight excluding hydrogens is 330 g/mol. The molecule has 3 rings (SSSR count). The Bertz CT molecular complexity index is 666. The largest absolute Gasteiger partial charge is 0.379 e. The summed E-state index contributed by atoms with van der Waals surface area (Å²) in [7, 11) is 0. The van der Waals surface area contributed by atoms with Crippen LogP contribution < -0.4 is 5.32 Å². The molecule has 1 saturated heterocycles. The van der Waals surface area contributed by atoms with Crippen LogP contribution in [0.5, 0.6) is 0 Å². The Labute approximate surface area is 145 Å². The topological polar surface area (TPSA) is 67.6 Å². The fraction of sp³-hybridized carbons (Fsp3) is 0.412. The third-order valence-corrected chi connectivity index (χ3v) is 4.14. The third kappa shape index (κ3) is 4.80. The van der Waals surface area contributed by atoms with E-state index in [1.807, 2.05) is 24.3 Å². The number of hydrogen-bond acceptors (Lipinski definition) is 5. The van der Waals surface area contributed by atoms with Crippen molar-refractivity contribution >= 4 is 17.5 Å². The average molecular weight is 350 g/mol. The molecule has 0 atom stereocenters. The van der Waals surface area contributed by atoms with Crippen molar-refractivity contribution in [1.82, 2.24) is 15.4 Å². The molecule has 0 spiro atoms. The van der Waals surface area contributed by atoms with Gasteiger partial charge in [0.1, 0.15) is 0 Å². The molecule has 1 aliphatic heterocycles. The van der Waals surface area contributed by atoms with E-state index in [0.717, 1.165) is 38.3 Å². The van der Waals surface area contributed by atoms with Crippen LogP contribution in [0.3, 0.4) is 0 Å². The smallest absolute Gasteiger partial charge is 0.273 e. The number of ether oxygens (including phenoxy) is 1. The van der Waals surface area contributed by atoms with Crippen LogP contribution in [-0.2, 0) is 17.7 Å². The summed E-state index contributed by atoms with van der Waals surface area (Å²) >= 11 is 5.85. The second-order valence-corrected chi connectivity index (χ2v) is 6.14. The van der Waals surface area contributed by atoms with E-state index in [4.69, 9.17) is 20.9 Å². The van der Waals surface area contributed by atoms with Gasteiger partial charge in [-0.25, -0.2) is 0 Å². The lowest BCUT2D eigenvalue weighted by atomic mass is 10.1. The SMILES string of the molecule is O=C(NCCc1ccc(Cl)cc1)c1cc(CN2CCOCC2)on1. The van der Waals surface area contributed by atoms with Crippen LogP contribution in [0.15, 0.2) is 34.9 Å². The maximum Gasteiger partial charge on any atom is 0.273 e. The van der Waals surface area contributed by atoms with E-state index in [0.29, 0.717) is 29.6 Å². The lowest BCUT2D eigenvalue weighted by Gasteiger charge is -2.25. The van der Waals surface area contributed by atoms with Gasteiger partial charge in [-0.1, -0.05) is 28.9 Å². The van der Waals surface area contributed by atoms with Gasteiger partial charge >= 0.3 is 0 Å². The van der Waals surface area contributed by atoms with E-state index < -0.39 is 0 Å².